The van der Waals surface area contributed by atoms with E-state index >= 15 is 0 Å². The SMILES string of the molecule is O=C(O)C1CC2CCC1N2C(=O)c1ncsc1Nc1ccccc1. The Labute approximate surface area is 143 Å². The van der Waals surface area contributed by atoms with Gasteiger partial charge in [0.2, 0.25) is 0 Å². The van der Waals surface area contributed by atoms with Gasteiger partial charge in [0, 0.05) is 17.8 Å². The number of benzene rings is 1. The molecular weight excluding hydrogens is 326 g/mol. The van der Waals surface area contributed by atoms with Gasteiger partial charge >= 0.3 is 5.97 Å². The molecule has 1 aromatic heterocycles. The third-order valence-corrected chi connectivity index (χ3v) is 5.63. The van der Waals surface area contributed by atoms with Gasteiger partial charge in [-0.05, 0) is 31.4 Å². The molecule has 2 fully saturated rings. The normalized spacial score (nSPS) is 25.0. The lowest BCUT2D eigenvalue weighted by molar-refractivity contribution is -0.142. The zero-order valence-corrected chi connectivity index (χ0v) is 13.7. The largest absolute Gasteiger partial charge is 0.481 e. The van der Waals surface area contributed by atoms with E-state index in [0.717, 1.165) is 18.5 Å². The molecule has 3 heterocycles. The van der Waals surface area contributed by atoms with Gasteiger partial charge in [-0.15, -0.1) is 11.3 Å². The van der Waals surface area contributed by atoms with Crippen LogP contribution in [-0.4, -0.2) is 39.0 Å². The monoisotopic (exact) mass is 343 g/mol. The van der Waals surface area contributed by atoms with Crippen LogP contribution in [-0.2, 0) is 4.79 Å². The molecule has 0 aliphatic carbocycles. The Morgan fingerprint density at radius 2 is 2.04 bits per heavy atom. The lowest BCUT2D eigenvalue weighted by Crippen LogP contribution is -2.38. The Morgan fingerprint density at radius 1 is 1.25 bits per heavy atom. The number of hydrogen-bond donors (Lipinski definition) is 2. The first-order valence-electron chi connectivity index (χ1n) is 7.96. The summed E-state index contributed by atoms with van der Waals surface area (Å²) >= 11 is 1.38. The molecule has 2 aliphatic heterocycles. The van der Waals surface area contributed by atoms with Gasteiger partial charge in [-0.2, -0.15) is 0 Å². The van der Waals surface area contributed by atoms with Crippen LogP contribution < -0.4 is 5.32 Å². The highest BCUT2D eigenvalue weighted by atomic mass is 32.1. The first-order valence-corrected chi connectivity index (χ1v) is 8.84. The van der Waals surface area contributed by atoms with E-state index in [-0.39, 0.29) is 18.0 Å². The number of carboxylic acid groups (broad SMARTS) is 1. The minimum atomic E-state index is -0.805. The molecule has 2 aromatic rings. The molecule has 1 amide bonds. The highest BCUT2D eigenvalue weighted by Gasteiger charge is 2.52. The highest BCUT2D eigenvalue weighted by molar-refractivity contribution is 7.14. The summed E-state index contributed by atoms with van der Waals surface area (Å²) in [6.07, 6.45) is 2.20. The van der Waals surface area contributed by atoms with Crippen molar-refractivity contribution in [2.45, 2.75) is 31.3 Å². The van der Waals surface area contributed by atoms with Crippen molar-refractivity contribution in [2.24, 2.45) is 5.92 Å². The Hall–Kier alpha value is -2.41. The number of carbonyl (C=O) groups excluding carboxylic acids is 1. The number of para-hydroxylation sites is 1. The molecular formula is C17H17N3O3S. The smallest absolute Gasteiger partial charge is 0.308 e. The quantitative estimate of drug-likeness (QED) is 0.892. The molecule has 2 saturated heterocycles. The average Bonchev–Trinajstić information content (AvgIpc) is 3.29. The summed E-state index contributed by atoms with van der Waals surface area (Å²) in [6.45, 7) is 0. The van der Waals surface area contributed by atoms with E-state index in [0.29, 0.717) is 17.1 Å². The Bertz CT molecular complexity index is 776. The van der Waals surface area contributed by atoms with Crippen molar-refractivity contribution >= 4 is 33.9 Å². The van der Waals surface area contributed by atoms with E-state index < -0.39 is 11.9 Å². The minimum Gasteiger partial charge on any atom is -0.481 e. The molecule has 6 nitrogen and oxygen atoms in total. The van der Waals surface area contributed by atoms with E-state index in [1.807, 2.05) is 30.3 Å². The number of fused-ring (bicyclic) bond motifs is 2. The molecule has 3 atom stereocenters. The molecule has 3 unspecified atom stereocenters. The number of nitrogens with one attached hydrogen (secondary N) is 1. The molecule has 2 bridgehead atoms. The Morgan fingerprint density at radius 3 is 2.75 bits per heavy atom. The predicted octanol–water partition coefficient (Wildman–Crippen LogP) is 2.96. The second-order valence-electron chi connectivity index (χ2n) is 6.21. The zero-order chi connectivity index (χ0) is 16.7. The lowest BCUT2D eigenvalue weighted by atomic mass is 9.89. The molecule has 0 radical (unpaired) electrons. The van der Waals surface area contributed by atoms with Gasteiger partial charge in [0.1, 0.15) is 5.00 Å². The van der Waals surface area contributed by atoms with Gasteiger partial charge in [0.15, 0.2) is 5.69 Å². The van der Waals surface area contributed by atoms with Crippen molar-refractivity contribution < 1.29 is 14.7 Å². The van der Waals surface area contributed by atoms with Crippen LogP contribution in [0.25, 0.3) is 0 Å². The number of carboxylic acids is 1. The number of thiazole rings is 1. The maximum Gasteiger partial charge on any atom is 0.308 e. The number of rotatable bonds is 4. The lowest BCUT2D eigenvalue weighted by Gasteiger charge is -2.22. The first kappa shape index (κ1) is 15.1. The van der Waals surface area contributed by atoms with Gasteiger partial charge in [-0.3, -0.25) is 9.59 Å². The fraction of sp³-hybridized carbons (Fsp3) is 0.353. The summed E-state index contributed by atoms with van der Waals surface area (Å²) in [6, 6.07) is 9.44. The number of anilines is 2. The third-order valence-electron chi connectivity index (χ3n) is 4.89. The van der Waals surface area contributed by atoms with Crippen LogP contribution in [0.15, 0.2) is 35.8 Å². The van der Waals surface area contributed by atoms with Crippen molar-refractivity contribution in [1.82, 2.24) is 9.88 Å². The standard InChI is InChI=1S/C17H17N3O3S/c21-16(20-11-6-7-13(20)12(8-11)17(22)23)14-15(24-9-18-14)19-10-4-2-1-3-5-10/h1-5,9,11-13,19H,6-8H2,(H,22,23). The summed E-state index contributed by atoms with van der Waals surface area (Å²) in [7, 11) is 0. The third kappa shape index (κ3) is 2.45. The fourth-order valence-corrected chi connectivity index (χ4v) is 4.52. The fourth-order valence-electron chi connectivity index (χ4n) is 3.83. The van der Waals surface area contributed by atoms with Crippen molar-refractivity contribution in [3.8, 4) is 0 Å². The van der Waals surface area contributed by atoms with Crippen molar-refractivity contribution in [3.05, 3.63) is 41.5 Å². The van der Waals surface area contributed by atoms with Gasteiger partial charge in [-0.1, -0.05) is 18.2 Å². The number of aliphatic carboxylic acids is 1. The molecule has 2 N–H and O–H groups in total. The summed E-state index contributed by atoms with van der Waals surface area (Å²) in [5.41, 5.74) is 2.92. The average molecular weight is 343 g/mol. The number of nitrogens with zero attached hydrogens (tertiary/aromatic N) is 2. The molecule has 0 saturated carbocycles. The zero-order valence-electron chi connectivity index (χ0n) is 12.9. The van der Waals surface area contributed by atoms with Crippen molar-refractivity contribution in [3.63, 3.8) is 0 Å². The van der Waals surface area contributed by atoms with Gasteiger partial charge < -0.3 is 15.3 Å². The maximum atomic E-state index is 13.0. The van der Waals surface area contributed by atoms with Crippen LogP contribution in [0.2, 0.25) is 0 Å². The maximum absolute atomic E-state index is 13.0. The van der Waals surface area contributed by atoms with Gasteiger partial charge in [-0.25, -0.2) is 4.98 Å². The van der Waals surface area contributed by atoms with Gasteiger partial charge in [0.05, 0.1) is 11.4 Å². The van der Waals surface area contributed by atoms with Crippen LogP contribution in [0.4, 0.5) is 10.7 Å². The van der Waals surface area contributed by atoms with E-state index in [1.165, 1.54) is 11.3 Å². The molecule has 124 valence electrons. The van der Waals surface area contributed by atoms with E-state index in [9.17, 15) is 14.7 Å². The molecule has 0 spiro atoms. The van der Waals surface area contributed by atoms with Crippen molar-refractivity contribution in [2.75, 3.05) is 5.32 Å². The Kier molecular flexibility index (Phi) is 3.72. The van der Waals surface area contributed by atoms with Crippen molar-refractivity contribution in [1.29, 1.82) is 0 Å². The van der Waals surface area contributed by atoms with Gasteiger partial charge in [0.25, 0.3) is 5.91 Å². The predicted molar refractivity (Wildman–Crippen MR) is 90.6 cm³/mol. The first-order chi connectivity index (χ1) is 11.6. The van der Waals surface area contributed by atoms with Crippen LogP contribution in [0.5, 0.6) is 0 Å². The summed E-state index contributed by atoms with van der Waals surface area (Å²) < 4.78 is 0. The molecule has 1 aromatic carbocycles. The number of hydrogen-bond acceptors (Lipinski definition) is 5. The summed E-state index contributed by atoms with van der Waals surface area (Å²) in [5, 5.41) is 13.3. The van der Waals surface area contributed by atoms with E-state index in [4.69, 9.17) is 0 Å². The second-order valence-corrected chi connectivity index (χ2v) is 7.07. The molecule has 24 heavy (non-hydrogen) atoms. The van der Waals surface area contributed by atoms with Crippen LogP contribution >= 0.6 is 11.3 Å². The minimum absolute atomic E-state index is 0.0230. The highest BCUT2D eigenvalue weighted by Crippen LogP contribution is 2.43. The molecule has 2 aliphatic rings. The van der Waals surface area contributed by atoms with E-state index in [2.05, 4.69) is 10.3 Å². The van der Waals surface area contributed by atoms with Crippen LogP contribution in [0.1, 0.15) is 29.8 Å². The van der Waals surface area contributed by atoms with Crippen LogP contribution in [0, 0.1) is 5.92 Å². The van der Waals surface area contributed by atoms with Crippen LogP contribution in [0.3, 0.4) is 0 Å². The number of aromatic nitrogens is 1. The number of carbonyl (C=O) groups is 2. The molecule has 7 heteroatoms. The Balaban J connectivity index is 1.58. The molecule has 4 rings (SSSR count). The van der Waals surface area contributed by atoms with E-state index in [1.54, 1.807) is 10.4 Å². The summed E-state index contributed by atoms with van der Waals surface area (Å²) in [5.74, 6) is -1.41. The number of amides is 1. The topological polar surface area (TPSA) is 82.5 Å². The summed E-state index contributed by atoms with van der Waals surface area (Å²) in [4.78, 5) is 30.4. The second kappa shape index (κ2) is 5.90.